The molecule has 3 rings (SSSR count). The number of rotatable bonds is 6. The molecule has 0 radical (unpaired) electrons. The maximum absolute atomic E-state index is 12.4. The highest BCUT2D eigenvalue weighted by Crippen LogP contribution is 2.16. The van der Waals surface area contributed by atoms with E-state index in [2.05, 4.69) is 26.3 Å². The van der Waals surface area contributed by atoms with Gasteiger partial charge in [0.1, 0.15) is 11.6 Å². The van der Waals surface area contributed by atoms with Crippen molar-refractivity contribution >= 4 is 27.7 Å². The lowest BCUT2D eigenvalue weighted by Gasteiger charge is -2.15. The predicted octanol–water partition coefficient (Wildman–Crippen LogP) is 4.41. The Hall–Kier alpha value is -2.60. The Labute approximate surface area is 161 Å². The van der Waals surface area contributed by atoms with Gasteiger partial charge < -0.3 is 10.1 Å². The molecule has 0 saturated heterocycles. The van der Waals surface area contributed by atoms with E-state index in [0.717, 1.165) is 15.6 Å². The number of aromatic nitrogens is 2. The van der Waals surface area contributed by atoms with Crippen LogP contribution in [-0.4, -0.2) is 21.8 Å². The van der Waals surface area contributed by atoms with E-state index in [9.17, 15) is 4.79 Å². The lowest BCUT2D eigenvalue weighted by Crippen LogP contribution is -2.31. The lowest BCUT2D eigenvalue weighted by molar-refractivity contribution is -0.122. The number of ether oxygens (including phenoxy) is 1. The van der Waals surface area contributed by atoms with Crippen LogP contribution in [0.25, 0.3) is 0 Å². The van der Waals surface area contributed by atoms with Crippen LogP contribution in [0.4, 0.5) is 5.82 Å². The number of nitrogens with zero attached hydrogens (tertiary/aromatic N) is 2. The van der Waals surface area contributed by atoms with Crippen LogP contribution in [0, 0.1) is 6.92 Å². The summed E-state index contributed by atoms with van der Waals surface area (Å²) in [5.74, 6) is 1.09. The Balaban J connectivity index is 1.63. The van der Waals surface area contributed by atoms with Crippen LogP contribution in [0.2, 0.25) is 0 Å². The summed E-state index contributed by atoms with van der Waals surface area (Å²) in [6.45, 7) is 4.31. The Bertz CT molecular complexity index is 873. The molecule has 1 unspecified atom stereocenters. The molecule has 0 spiro atoms. The van der Waals surface area contributed by atoms with Gasteiger partial charge in [-0.05, 0) is 43.7 Å². The van der Waals surface area contributed by atoms with Gasteiger partial charge in [-0.15, -0.1) is 0 Å². The Morgan fingerprint density at radius 2 is 1.85 bits per heavy atom. The lowest BCUT2D eigenvalue weighted by atomic mass is 10.2. The molecule has 1 aromatic heterocycles. The second kappa shape index (κ2) is 8.19. The maximum Gasteiger partial charge on any atom is 0.266 e. The van der Waals surface area contributed by atoms with Gasteiger partial charge in [-0.3, -0.25) is 4.79 Å². The average molecular weight is 414 g/mol. The SMILES string of the molecule is Cc1ccc(OC(C)C(=O)Nc2ccnn2Cc2ccc(Br)cc2)cc1. The fraction of sp³-hybridized carbons (Fsp3) is 0.200. The van der Waals surface area contributed by atoms with Crippen LogP contribution in [-0.2, 0) is 11.3 Å². The predicted molar refractivity (Wildman–Crippen MR) is 105 cm³/mol. The molecule has 1 amide bonds. The topological polar surface area (TPSA) is 56.1 Å². The summed E-state index contributed by atoms with van der Waals surface area (Å²) in [6.07, 6.45) is 1.05. The molecule has 0 bridgehead atoms. The van der Waals surface area contributed by atoms with Gasteiger partial charge in [0.2, 0.25) is 0 Å². The first-order valence-electron chi connectivity index (χ1n) is 8.32. The number of halogens is 1. The van der Waals surface area contributed by atoms with Gasteiger partial charge in [0.05, 0.1) is 12.7 Å². The first-order chi connectivity index (χ1) is 12.5. The van der Waals surface area contributed by atoms with Crippen LogP contribution in [0.1, 0.15) is 18.1 Å². The third kappa shape index (κ3) is 4.73. The van der Waals surface area contributed by atoms with E-state index < -0.39 is 6.10 Å². The molecule has 0 saturated carbocycles. The minimum Gasteiger partial charge on any atom is -0.481 e. The quantitative estimate of drug-likeness (QED) is 0.650. The third-order valence-electron chi connectivity index (χ3n) is 3.92. The number of benzene rings is 2. The molecule has 0 aliphatic rings. The zero-order chi connectivity index (χ0) is 18.5. The van der Waals surface area contributed by atoms with E-state index in [4.69, 9.17) is 4.74 Å². The third-order valence-corrected chi connectivity index (χ3v) is 4.45. The zero-order valence-corrected chi connectivity index (χ0v) is 16.2. The molecule has 134 valence electrons. The number of amides is 1. The Morgan fingerprint density at radius 3 is 2.54 bits per heavy atom. The van der Waals surface area contributed by atoms with Gasteiger partial charge in [-0.1, -0.05) is 45.8 Å². The highest BCUT2D eigenvalue weighted by molar-refractivity contribution is 9.10. The molecule has 0 aliphatic carbocycles. The van der Waals surface area contributed by atoms with Crippen molar-refractivity contribution in [3.63, 3.8) is 0 Å². The van der Waals surface area contributed by atoms with E-state index in [-0.39, 0.29) is 5.91 Å². The van der Waals surface area contributed by atoms with Gasteiger partial charge in [0.15, 0.2) is 6.10 Å². The number of carbonyl (C=O) groups excluding carboxylic acids is 1. The summed E-state index contributed by atoms with van der Waals surface area (Å²) >= 11 is 3.42. The molecule has 5 nitrogen and oxygen atoms in total. The summed E-state index contributed by atoms with van der Waals surface area (Å²) in [7, 11) is 0. The fourth-order valence-electron chi connectivity index (χ4n) is 2.43. The molecule has 1 N–H and O–H groups in total. The van der Waals surface area contributed by atoms with Crippen LogP contribution >= 0.6 is 15.9 Å². The molecule has 26 heavy (non-hydrogen) atoms. The van der Waals surface area contributed by atoms with Crippen molar-refractivity contribution in [3.8, 4) is 5.75 Å². The fourth-order valence-corrected chi connectivity index (χ4v) is 2.69. The zero-order valence-electron chi connectivity index (χ0n) is 14.6. The number of nitrogens with one attached hydrogen (secondary N) is 1. The van der Waals surface area contributed by atoms with Crippen molar-refractivity contribution in [1.82, 2.24) is 9.78 Å². The van der Waals surface area contributed by atoms with E-state index in [1.54, 1.807) is 23.9 Å². The summed E-state index contributed by atoms with van der Waals surface area (Å²) in [5, 5.41) is 7.17. The van der Waals surface area contributed by atoms with Crippen molar-refractivity contribution in [2.75, 3.05) is 5.32 Å². The van der Waals surface area contributed by atoms with Gasteiger partial charge in [-0.25, -0.2) is 4.68 Å². The molecule has 1 atom stereocenters. The van der Waals surface area contributed by atoms with Crippen molar-refractivity contribution < 1.29 is 9.53 Å². The normalized spacial score (nSPS) is 11.8. The number of hydrogen-bond acceptors (Lipinski definition) is 3. The second-order valence-electron chi connectivity index (χ2n) is 6.06. The van der Waals surface area contributed by atoms with Crippen molar-refractivity contribution in [2.24, 2.45) is 0 Å². The van der Waals surface area contributed by atoms with Crippen LogP contribution in [0.5, 0.6) is 5.75 Å². The molecular weight excluding hydrogens is 394 g/mol. The van der Waals surface area contributed by atoms with Crippen molar-refractivity contribution in [2.45, 2.75) is 26.5 Å². The molecular formula is C20H20BrN3O2. The first-order valence-corrected chi connectivity index (χ1v) is 9.11. The molecule has 0 aliphatic heterocycles. The van der Waals surface area contributed by atoms with Crippen molar-refractivity contribution in [3.05, 3.63) is 76.4 Å². The summed E-state index contributed by atoms with van der Waals surface area (Å²) < 4.78 is 8.48. The highest BCUT2D eigenvalue weighted by atomic mass is 79.9. The average Bonchev–Trinajstić information content (AvgIpc) is 3.05. The van der Waals surface area contributed by atoms with E-state index in [1.807, 2.05) is 55.5 Å². The van der Waals surface area contributed by atoms with E-state index in [1.165, 1.54) is 0 Å². The Morgan fingerprint density at radius 1 is 1.15 bits per heavy atom. The van der Waals surface area contributed by atoms with Gasteiger partial charge in [0.25, 0.3) is 5.91 Å². The molecule has 2 aromatic carbocycles. The van der Waals surface area contributed by atoms with Crippen LogP contribution < -0.4 is 10.1 Å². The highest BCUT2D eigenvalue weighted by Gasteiger charge is 2.16. The Kier molecular flexibility index (Phi) is 5.73. The minimum atomic E-state index is -0.617. The first kappa shape index (κ1) is 18.2. The maximum atomic E-state index is 12.4. The number of hydrogen-bond donors (Lipinski definition) is 1. The molecule has 1 heterocycles. The van der Waals surface area contributed by atoms with Crippen LogP contribution in [0.3, 0.4) is 0 Å². The smallest absolute Gasteiger partial charge is 0.266 e. The number of carbonyl (C=O) groups is 1. The molecule has 0 fully saturated rings. The number of aryl methyl sites for hydroxylation is 1. The van der Waals surface area contributed by atoms with Crippen LogP contribution in [0.15, 0.2) is 65.3 Å². The summed E-state index contributed by atoms with van der Waals surface area (Å²) in [6, 6.07) is 17.4. The van der Waals surface area contributed by atoms with Crippen molar-refractivity contribution in [1.29, 1.82) is 0 Å². The molecule has 3 aromatic rings. The van der Waals surface area contributed by atoms with E-state index in [0.29, 0.717) is 18.1 Å². The standard InChI is InChI=1S/C20H20BrN3O2/c1-14-3-9-18(10-4-14)26-15(2)20(25)23-19-11-12-22-24(19)13-16-5-7-17(21)8-6-16/h3-12,15H,13H2,1-2H3,(H,23,25). The summed E-state index contributed by atoms with van der Waals surface area (Å²) in [5.41, 5.74) is 2.24. The molecule has 6 heteroatoms. The van der Waals surface area contributed by atoms with Gasteiger partial charge in [-0.2, -0.15) is 5.10 Å². The summed E-state index contributed by atoms with van der Waals surface area (Å²) in [4.78, 5) is 12.4. The van der Waals surface area contributed by atoms with Gasteiger partial charge >= 0.3 is 0 Å². The number of anilines is 1. The van der Waals surface area contributed by atoms with Gasteiger partial charge in [0, 0.05) is 10.5 Å². The largest absolute Gasteiger partial charge is 0.481 e. The second-order valence-corrected chi connectivity index (χ2v) is 6.98. The monoisotopic (exact) mass is 413 g/mol. The van der Waals surface area contributed by atoms with E-state index >= 15 is 0 Å². The minimum absolute atomic E-state index is 0.219.